The standard InChI is InChI=1S/C15H16FN/c16-15(14-6-3-9-17-14)13-8-7-11-4-1-2-5-12(11)10-13/h1-2,4-5,7-8,10,14-15,17H,3,6,9H2. The summed E-state index contributed by atoms with van der Waals surface area (Å²) in [5.41, 5.74) is 0.795. The monoisotopic (exact) mass is 229 g/mol. The van der Waals surface area contributed by atoms with E-state index < -0.39 is 6.17 Å². The van der Waals surface area contributed by atoms with Gasteiger partial charge in [-0.2, -0.15) is 0 Å². The summed E-state index contributed by atoms with van der Waals surface area (Å²) >= 11 is 0. The molecule has 0 aromatic heterocycles. The van der Waals surface area contributed by atoms with Crippen LogP contribution in [-0.4, -0.2) is 12.6 Å². The number of fused-ring (bicyclic) bond motifs is 1. The summed E-state index contributed by atoms with van der Waals surface area (Å²) in [6.45, 7) is 0.943. The van der Waals surface area contributed by atoms with Crippen molar-refractivity contribution in [1.29, 1.82) is 0 Å². The lowest BCUT2D eigenvalue weighted by Gasteiger charge is -2.16. The summed E-state index contributed by atoms with van der Waals surface area (Å²) < 4.78 is 14.3. The molecule has 1 aliphatic rings. The van der Waals surface area contributed by atoms with Crippen LogP contribution in [0, 0.1) is 0 Å². The molecule has 1 nitrogen and oxygen atoms in total. The Morgan fingerprint density at radius 1 is 1.12 bits per heavy atom. The molecule has 1 N–H and O–H groups in total. The van der Waals surface area contributed by atoms with Crippen LogP contribution in [0.3, 0.4) is 0 Å². The third-order valence-electron chi connectivity index (χ3n) is 3.54. The van der Waals surface area contributed by atoms with Gasteiger partial charge in [0.05, 0.1) is 0 Å². The third kappa shape index (κ3) is 2.05. The minimum absolute atomic E-state index is 0.00355. The minimum atomic E-state index is -0.887. The number of alkyl halides is 1. The molecule has 0 bridgehead atoms. The molecular weight excluding hydrogens is 213 g/mol. The first kappa shape index (κ1) is 10.7. The Morgan fingerprint density at radius 3 is 2.71 bits per heavy atom. The van der Waals surface area contributed by atoms with E-state index in [9.17, 15) is 4.39 Å². The quantitative estimate of drug-likeness (QED) is 0.829. The first-order valence-electron chi connectivity index (χ1n) is 6.21. The van der Waals surface area contributed by atoms with Gasteiger partial charge in [-0.05, 0) is 41.8 Å². The van der Waals surface area contributed by atoms with Crippen LogP contribution >= 0.6 is 0 Å². The number of benzene rings is 2. The van der Waals surface area contributed by atoms with Gasteiger partial charge in [-0.3, -0.25) is 0 Å². The van der Waals surface area contributed by atoms with Crippen molar-refractivity contribution < 1.29 is 4.39 Å². The molecule has 0 amide bonds. The van der Waals surface area contributed by atoms with Crippen LogP contribution in [0.2, 0.25) is 0 Å². The number of halogens is 1. The normalized spacial score (nSPS) is 21.8. The Balaban J connectivity index is 1.94. The van der Waals surface area contributed by atoms with Gasteiger partial charge in [0, 0.05) is 6.04 Å². The van der Waals surface area contributed by atoms with Gasteiger partial charge in [-0.25, -0.2) is 4.39 Å². The number of nitrogens with one attached hydrogen (secondary N) is 1. The summed E-state index contributed by atoms with van der Waals surface area (Å²) in [5.74, 6) is 0. The van der Waals surface area contributed by atoms with E-state index in [0.29, 0.717) is 0 Å². The fourth-order valence-corrected chi connectivity index (χ4v) is 2.57. The van der Waals surface area contributed by atoms with Crippen molar-refractivity contribution in [3.8, 4) is 0 Å². The Labute approximate surface area is 101 Å². The second-order valence-electron chi connectivity index (χ2n) is 4.71. The molecule has 2 heteroatoms. The van der Waals surface area contributed by atoms with Crippen LogP contribution in [0.15, 0.2) is 42.5 Å². The van der Waals surface area contributed by atoms with E-state index in [-0.39, 0.29) is 6.04 Å². The summed E-state index contributed by atoms with van der Waals surface area (Å²) in [7, 11) is 0. The van der Waals surface area contributed by atoms with Crippen LogP contribution in [0.1, 0.15) is 24.6 Å². The van der Waals surface area contributed by atoms with E-state index in [4.69, 9.17) is 0 Å². The second kappa shape index (κ2) is 4.46. The van der Waals surface area contributed by atoms with E-state index in [2.05, 4.69) is 11.4 Å². The topological polar surface area (TPSA) is 12.0 Å². The van der Waals surface area contributed by atoms with Crippen molar-refractivity contribution >= 4 is 10.8 Å². The highest BCUT2D eigenvalue weighted by atomic mass is 19.1. The largest absolute Gasteiger partial charge is 0.311 e. The van der Waals surface area contributed by atoms with E-state index >= 15 is 0 Å². The molecular formula is C15H16FN. The van der Waals surface area contributed by atoms with Gasteiger partial charge in [-0.1, -0.05) is 36.4 Å². The van der Waals surface area contributed by atoms with Crippen LogP contribution in [0.5, 0.6) is 0 Å². The maximum absolute atomic E-state index is 14.3. The van der Waals surface area contributed by atoms with Gasteiger partial charge < -0.3 is 5.32 Å². The Hall–Kier alpha value is -1.41. The molecule has 0 aliphatic carbocycles. The highest BCUT2D eigenvalue weighted by Gasteiger charge is 2.25. The molecule has 17 heavy (non-hydrogen) atoms. The highest BCUT2D eigenvalue weighted by Crippen LogP contribution is 2.28. The predicted octanol–water partition coefficient (Wildman–Crippen LogP) is 3.60. The molecule has 3 rings (SSSR count). The lowest BCUT2D eigenvalue weighted by atomic mass is 9.99. The highest BCUT2D eigenvalue weighted by molar-refractivity contribution is 5.83. The first-order chi connectivity index (χ1) is 8.34. The molecule has 2 aromatic rings. The van der Waals surface area contributed by atoms with Crippen molar-refractivity contribution in [3.63, 3.8) is 0 Å². The van der Waals surface area contributed by atoms with Crippen LogP contribution in [0.4, 0.5) is 4.39 Å². The van der Waals surface area contributed by atoms with Crippen molar-refractivity contribution in [2.24, 2.45) is 0 Å². The Morgan fingerprint density at radius 2 is 1.94 bits per heavy atom. The van der Waals surface area contributed by atoms with E-state index in [1.165, 1.54) is 5.39 Å². The fraction of sp³-hybridized carbons (Fsp3) is 0.333. The van der Waals surface area contributed by atoms with Gasteiger partial charge in [0.2, 0.25) is 0 Å². The predicted molar refractivity (Wildman–Crippen MR) is 68.8 cm³/mol. The molecule has 2 aromatic carbocycles. The molecule has 1 heterocycles. The minimum Gasteiger partial charge on any atom is -0.311 e. The summed E-state index contributed by atoms with van der Waals surface area (Å²) in [5, 5.41) is 5.51. The summed E-state index contributed by atoms with van der Waals surface area (Å²) in [6, 6.07) is 14.0. The molecule has 0 radical (unpaired) electrons. The fourth-order valence-electron chi connectivity index (χ4n) is 2.57. The third-order valence-corrected chi connectivity index (χ3v) is 3.54. The second-order valence-corrected chi connectivity index (χ2v) is 4.71. The first-order valence-corrected chi connectivity index (χ1v) is 6.21. The average molecular weight is 229 g/mol. The molecule has 0 saturated carbocycles. The lowest BCUT2D eigenvalue weighted by molar-refractivity contribution is 0.271. The van der Waals surface area contributed by atoms with Gasteiger partial charge in [0.25, 0.3) is 0 Å². The SMILES string of the molecule is FC(c1ccc2ccccc2c1)C1CCCN1. The molecule has 1 aliphatic heterocycles. The molecule has 88 valence electrons. The zero-order valence-electron chi connectivity index (χ0n) is 9.70. The number of hydrogen-bond acceptors (Lipinski definition) is 1. The molecule has 2 unspecified atom stereocenters. The van der Waals surface area contributed by atoms with Crippen molar-refractivity contribution in [1.82, 2.24) is 5.32 Å². The van der Waals surface area contributed by atoms with Crippen LogP contribution < -0.4 is 5.32 Å². The van der Waals surface area contributed by atoms with Crippen molar-refractivity contribution in [2.75, 3.05) is 6.54 Å². The van der Waals surface area contributed by atoms with Crippen LogP contribution in [0.25, 0.3) is 10.8 Å². The molecule has 0 spiro atoms. The average Bonchev–Trinajstić information content (AvgIpc) is 2.91. The summed E-state index contributed by atoms with van der Waals surface area (Å²) in [4.78, 5) is 0. The zero-order chi connectivity index (χ0) is 11.7. The smallest absolute Gasteiger partial charge is 0.140 e. The summed E-state index contributed by atoms with van der Waals surface area (Å²) in [6.07, 6.45) is 1.13. The Kier molecular flexibility index (Phi) is 2.81. The van der Waals surface area contributed by atoms with E-state index in [1.807, 2.05) is 36.4 Å². The number of rotatable bonds is 2. The number of hydrogen-bond donors (Lipinski definition) is 1. The molecule has 2 atom stereocenters. The zero-order valence-corrected chi connectivity index (χ0v) is 9.70. The van der Waals surface area contributed by atoms with E-state index in [1.54, 1.807) is 0 Å². The van der Waals surface area contributed by atoms with Gasteiger partial charge >= 0.3 is 0 Å². The van der Waals surface area contributed by atoms with Gasteiger partial charge in [0.1, 0.15) is 6.17 Å². The maximum Gasteiger partial charge on any atom is 0.140 e. The van der Waals surface area contributed by atoms with E-state index in [0.717, 1.165) is 30.3 Å². The maximum atomic E-state index is 14.3. The van der Waals surface area contributed by atoms with Crippen LogP contribution in [-0.2, 0) is 0 Å². The van der Waals surface area contributed by atoms with Crippen molar-refractivity contribution in [3.05, 3.63) is 48.0 Å². The lowest BCUT2D eigenvalue weighted by Crippen LogP contribution is -2.26. The van der Waals surface area contributed by atoms with Gasteiger partial charge in [-0.15, -0.1) is 0 Å². The van der Waals surface area contributed by atoms with Crippen molar-refractivity contribution in [2.45, 2.75) is 25.1 Å². The van der Waals surface area contributed by atoms with Gasteiger partial charge in [0.15, 0.2) is 0 Å². The molecule has 1 saturated heterocycles. The molecule has 1 fully saturated rings. The Bertz CT molecular complexity index is 517.